The number of rotatable bonds is 5. The summed E-state index contributed by atoms with van der Waals surface area (Å²) in [5.74, 6) is -0.600. The Balaban J connectivity index is 1.68. The molecule has 0 bridgehead atoms. The lowest BCUT2D eigenvalue weighted by Crippen LogP contribution is -2.35. The molecule has 3 N–H and O–H groups in total. The lowest BCUT2D eigenvalue weighted by Gasteiger charge is -2.33. The second-order valence-electron chi connectivity index (χ2n) is 6.01. The van der Waals surface area contributed by atoms with Crippen LogP contribution in [-0.4, -0.2) is 51.3 Å². The summed E-state index contributed by atoms with van der Waals surface area (Å²) in [5, 5.41) is 9.07. The van der Waals surface area contributed by atoms with Crippen LogP contribution in [0.25, 0.3) is 0 Å². The maximum Gasteiger partial charge on any atom is 0.360 e. The van der Waals surface area contributed by atoms with Crippen LogP contribution in [0.15, 0.2) is 24.5 Å². The second-order valence-corrected chi connectivity index (χ2v) is 6.01. The molecule has 0 radical (unpaired) electrons. The van der Waals surface area contributed by atoms with Gasteiger partial charge in [0.2, 0.25) is 0 Å². The van der Waals surface area contributed by atoms with Crippen molar-refractivity contribution in [2.24, 2.45) is 0 Å². The Morgan fingerprint density at radius 3 is 2.73 bits per heavy atom. The molecule has 2 aromatic heterocycles. The van der Waals surface area contributed by atoms with Gasteiger partial charge in [-0.15, -0.1) is 0 Å². The molecule has 2 aromatic rings. The lowest BCUT2D eigenvalue weighted by atomic mass is 10.0. The highest BCUT2D eigenvalue weighted by Gasteiger charge is 2.26. The Labute approximate surface area is 150 Å². The average Bonchev–Trinajstić information content (AvgIpc) is 3.03. The first kappa shape index (κ1) is 17.7. The van der Waals surface area contributed by atoms with E-state index in [1.807, 2.05) is 9.47 Å². The number of esters is 1. The molecule has 138 valence electrons. The number of ether oxygens (including phenoxy) is 1. The molecule has 9 heteroatoms. The minimum atomic E-state index is -1.04. The smallest absolute Gasteiger partial charge is 0.360 e. The van der Waals surface area contributed by atoms with Crippen LogP contribution in [0.3, 0.4) is 0 Å². The molecule has 0 unspecified atom stereocenters. The summed E-state index contributed by atoms with van der Waals surface area (Å²) in [7, 11) is 0. The number of carboxylic acid groups (broad SMARTS) is 1. The van der Waals surface area contributed by atoms with E-state index < -0.39 is 11.9 Å². The molecule has 0 aliphatic carbocycles. The zero-order chi connectivity index (χ0) is 18.7. The highest BCUT2D eigenvalue weighted by Crippen LogP contribution is 2.28. The summed E-state index contributed by atoms with van der Waals surface area (Å²) < 4.78 is 6.77. The van der Waals surface area contributed by atoms with E-state index in [9.17, 15) is 9.59 Å². The van der Waals surface area contributed by atoms with Gasteiger partial charge in [0.05, 0.1) is 12.9 Å². The zero-order valence-corrected chi connectivity index (χ0v) is 14.5. The van der Waals surface area contributed by atoms with Crippen molar-refractivity contribution in [1.82, 2.24) is 14.5 Å². The SMILES string of the molecule is CCOC(=O)c1ncn(C2CCN(c3cccc(C(=O)O)n3)CC2)c1N. The van der Waals surface area contributed by atoms with Gasteiger partial charge in [-0.05, 0) is 31.9 Å². The highest BCUT2D eigenvalue weighted by atomic mass is 16.5. The fourth-order valence-electron chi connectivity index (χ4n) is 3.11. The number of carboxylic acids is 1. The molecule has 1 aliphatic rings. The van der Waals surface area contributed by atoms with Crippen molar-refractivity contribution in [3.8, 4) is 0 Å². The number of carbonyl (C=O) groups excluding carboxylic acids is 1. The largest absolute Gasteiger partial charge is 0.477 e. The molecule has 1 fully saturated rings. The number of piperidine rings is 1. The molecule has 0 atom stereocenters. The zero-order valence-electron chi connectivity index (χ0n) is 14.5. The van der Waals surface area contributed by atoms with E-state index in [2.05, 4.69) is 9.97 Å². The van der Waals surface area contributed by atoms with Crippen LogP contribution in [0.4, 0.5) is 11.6 Å². The molecule has 0 amide bonds. The maximum absolute atomic E-state index is 11.8. The van der Waals surface area contributed by atoms with E-state index in [1.165, 1.54) is 6.07 Å². The first-order valence-electron chi connectivity index (χ1n) is 8.46. The molecule has 1 saturated heterocycles. The van der Waals surface area contributed by atoms with Crippen LogP contribution in [0.5, 0.6) is 0 Å². The Morgan fingerprint density at radius 1 is 1.35 bits per heavy atom. The van der Waals surface area contributed by atoms with Gasteiger partial charge in [0, 0.05) is 19.1 Å². The third-order valence-corrected chi connectivity index (χ3v) is 4.44. The van der Waals surface area contributed by atoms with Crippen LogP contribution in [0.1, 0.15) is 46.8 Å². The van der Waals surface area contributed by atoms with Crippen molar-refractivity contribution in [3.05, 3.63) is 35.9 Å². The van der Waals surface area contributed by atoms with E-state index in [0.29, 0.717) is 24.7 Å². The molecule has 3 rings (SSSR count). The molecule has 3 heterocycles. The van der Waals surface area contributed by atoms with Crippen LogP contribution < -0.4 is 10.6 Å². The maximum atomic E-state index is 11.8. The number of aromatic nitrogens is 3. The fraction of sp³-hybridized carbons (Fsp3) is 0.412. The van der Waals surface area contributed by atoms with Gasteiger partial charge < -0.3 is 25.0 Å². The van der Waals surface area contributed by atoms with Gasteiger partial charge in [0.15, 0.2) is 11.4 Å². The molecule has 0 spiro atoms. The minimum absolute atomic E-state index is 0.0301. The van der Waals surface area contributed by atoms with Crippen molar-refractivity contribution in [2.75, 3.05) is 30.3 Å². The van der Waals surface area contributed by atoms with Crippen molar-refractivity contribution < 1.29 is 19.4 Å². The van der Waals surface area contributed by atoms with Gasteiger partial charge >= 0.3 is 11.9 Å². The number of nitrogens with zero attached hydrogens (tertiary/aromatic N) is 4. The van der Waals surface area contributed by atoms with E-state index in [-0.39, 0.29) is 24.0 Å². The number of aromatic carboxylic acids is 1. The molecule has 0 saturated carbocycles. The van der Waals surface area contributed by atoms with Crippen LogP contribution in [-0.2, 0) is 4.74 Å². The molecular weight excluding hydrogens is 338 g/mol. The van der Waals surface area contributed by atoms with E-state index >= 15 is 0 Å². The number of nitrogen functional groups attached to an aromatic ring is 1. The second kappa shape index (κ2) is 7.42. The van der Waals surface area contributed by atoms with Crippen molar-refractivity contribution in [1.29, 1.82) is 0 Å². The predicted molar refractivity (Wildman–Crippen MR) is 94.3 cm³/mol. The van der Waals surface area contributed by atoms with Crippen LogP contribution >= 0.6 is 0 Å². The Bertz CT molecular complexity index is 811. The summed E-state index contributed by atoms with van der Waals surface area (Å²) >= 11 is 0. The minimum Gasteiger partial charge on any atom is -0.477 e. The number of hydrogen-bond donors (Lipinski definition) is 2. The standard InChI is InChI=1S/C17H21N5O4/c1-2-26-17(25)14-15(18)22(10-19-14)11-6-8-21(9-7-11)13-5-3-4-12(20-13)16(23)24/h3-5,10-11H,2,6-9,18H2,1H3,(H,23,24). The predicted octanol–water partition coefficient (Wildman–Crippen LogP) is 1.58. The van der Waals surface area contributed by atoms with Crippen LogP contribution in [0, 0.1) is 0 Å². The Hall–Kier alpha value is -3.10. The summed E-state index contributed by atoms with van der Waals surface area (Å²) in [6.45, 7) is 3.40. The van der Waals surface area contributed by atoms with Gasteiger partial charge in [-0.2, -0.15) is 0 Å². The van der Waals surface area contributed by atoms with Gasteiger partial charge in [0.1, 0.15) is 11.6 Å². The van der Waals surface area contributed by atoms with Crippen molar-refractivity contribution >= 4 is 23.6 Å². The number of imidazole rings is 1. The Kier molecular flexibility index (Phi) is 5.06. The topological polar surface area (TPSA) is 124 Å². The number of hydrogen-bond acceptors (Lipinski definition) is 7. The van der Waals surface area contributed by atoms with Gasteiger partial charge in [-0.25, -0.2) is 19.6 Å². The fourth-order valence-corrected chi connectivity index (χ4v) is 3.11. The number of anilines is 2. The molecule has 9 nitrogen and oxygen atoms in total. The average molecular weight is 359 g/mol. The number of pyridine rings is 1. The quantitative estimate of drug-likeness (QED) is 0.771. The third kappa shape index (κ3) is 3.46. The summed E-state index contributed by atoms with van der Waals surface area (Å²) in [6.07, 6.45) is 3.13. The Morgan fingerprint density at radius 2 is 2.08 bits per heavy atom. The van der Waals surface area contributed by atoms with E-state index in [4.69, 9.17) is 15.6 Å². The van der Waals surface area contributed by atoms with Crippen molar-refractivity contribution in [2.45, 2.75) is 25.8 Å². The number of nitrogens with two attached hydrogens (primary N) is 1. The lowest BCUT2D eigenvalue weighted by molar-refractivity contribution is 0.0520. The summed E-state index contributed by atoms with van der Waals surface area (Å²) in [4.78, 5) is 33.2. The van der Waals surface area contributed by atoms with Gasteiger partial charge in [-0.3, -0.25) is 0 Å². The number of carbonyl (C=O) groups is 2. The van der Waals surface area contributed by atoms with Crippen molar-refractivity contribution in [3.63, 3.8) is 0 Å². The monoisotopic (exact) mass is 359 g/mol. The molecule has 26 heavy (non-hydrogen) atoms. The van der Waals surface area contributed by atoms with Gasteiger partial charge in [-0.1, -0.05) is 6.07 Å². The third-order valence-electron chi connectivity index (χ3n) is 4.44. The van der Waals surface area contributed by atoms with E-state index in [1.54, 1.807) is 25.4 Å². The molecule has 1 aliphatic heterocycles. The molecule has 0 aromatic carbocycles. The first-order chi connectivity index (χ1) is 12.5. The highest BCUT2D eigenvalue weighted by molar-refractivity contribution is 5.92. The summed E-state index contributed by atoms with van der Waals surface area (Å²) in [6, 6.07) is 5.08. The van der Waals surface area contributed by atoms with Gasteiger partial charge in [0.25, 0.3) is 0 Å². The molecular formula is C17H21N5O4. The summed E-state index contributed by atoms with van der Waals surface area (Å²) in [5.41, 5.74) is 6.25. The van der Waals surface area contributed by atoms with Crippen LogP contribution in [0.2, 0.25) is 0 Å². The van der Waals surface area contributed by atoms with E-state index in [0.717, 1.165) is 12.8 Å². The first-order valence-corrected chi connectivity index (χ1v) is 8.46. The normalized spacial score (nSPS) is 15.0.